The highest BCUT2D eigenvalue weighted by atomic mass is 19.3. The number of hydrogen-bond donors (Lipinski definition) is 0. The molecule has 0 bridgehead atoms. The molecule has 0 heterocycles. The number of allylic oxidation sites excluding steroid dienone is 2. The van der Waals surface area contributed by atoms with E-state index in [1.54, 1.807) is 12.1 Å². The minimum atomic E-state index is -3.10. The van der Waals surface area contributed by atoms with Crippen LogP contribution < -0.4 is 9.47 Å². The molecule has 3 nitrogen and oxygen atoms in total. The Morgan fingerprint density at radius 1 is 0.971 bits per heavy atom. The molecule has 3 aromatic rings. The van der Waals surface area contributed by atoms with Gasteiger partial charge in [-0.15, -0.1) is 0 Å². The Morgan fingerprint density at radius 3 is 2.24 bits per heavy atom. The van der Waals surface area contributed by atoms with E-state index in [0.717, 1.165) is 12.1 Å². The maximum absolute atomic E-state index is 14.7. The van der Waals surface area contributed by atoms with Crippen LogP contribution in [0.15, 0.2) is 66.7 Å². The van der Waals surface area contributed by atoms with Crippen molar-refractivity contribution in [3.05, 3.63) is 101 Å². The van der Waals surface area contributed by atoms with E-state index in [1.807, 2.05) is 0 Å². The first-order chi connectivity index (χ1) is 16.3. The predicted octanol–water partition coefficient (Wildman–Crippen LogP) is 6.78. The number of carbonyl (C=O) groups excluding carboxylic acids is 1. The van der Waals surface area contributed by atoms with Crippen molar-refractivity contribution < 1.29 is 36.2 Å². The van der Waals surface area contributed by atoms with E-state index in [2.05, 4.69) is 4.74 Å². The van der Waals surface area contributed by atoms with E-state index in [0.29, 0.717) is 16.7 Å². The monoisotopic (exact) mass is 474 g/mol. The second-order valence-electron chi connectivity index (χ2n) is 7.78. The standard InChI is InChI=1S/C26H19F5O3/c1-33-17-12-21(28)24(22(29)13-17)25(32)20-11-15(14-6-8-16(27)9-7-14)10-19(20)18-4-2-3-5-23(18)34-26(30)31/h2-9,11-13,19-20,26H,10H2,1H3. The molecule has 3 aromatic carbocycles. The molecule has 0 aromatic heterocycles. The molecule has 0 radical (unpaired) electrons. The number of Topliss-reactive ketones (excluding diaryl/α,β-unsaturated/α-hetero) is 1. The van der Waals surface area contributed by atoms with Gasteiger partial charge in [-0.1, -0.05) is 36.4 Å². The number of hydrogen-bond acceptors (Lipinski definition) is 3. The second-order valence-corrected chi connectivity index (χ2v) is 7.78. The first-order valence-electron chi connectivity index (χ1n) is 10.4. The van der Waals surface area contributed by atoms with E-state index < -0.39 is 47.2 Å². The summed E-state index contributed by atoms with van der Waals surface area (Å²) >= 11 is 0. The van der Waals surface area contributed by atoms with Gasteiger partial charge in [0.1, 0.15) is 29.0 Å². The van der Waals surface area contributed by atoms with Gasteiger partial charge in [0.15, 0.2) is 5.78 Å². The number of methoxy groups -OCH3 is 1. The summed E-state index contributed by atoms with van der Waals surface area (Å²) < 4.78 is 78.4. The summed E-state index contributed by atoms with van der Waals surface area (Å²) in [6.45, 7) is -3.10. The maximum Gasteiger partial charge on any atom is 0.387 e. The summed E-state index contributed by atoms with van der Waals surface area (Å²) in [5.41, 5.74) is 0.762. The van der Waals surface area contributed by atoms with Crippen LogP contribution in [0, 0.1) is 23.4 Å². The minimum absolute atomic E-state index is 0.0901. The molecule has 4 rings (SSSR count). The average Bonchev–Trinajstić information content (AvgIpc) is 3.24. The Bertz CT molecular complexity index is 1210. The van der Waals surface area contributed by atoms with Gasteiger partial charge in [0.25, 0.3) is 0 Å². The lowest BCUT2D eigenvalue weighted by molar-refractivity contribution is -0.0506. The Balaban J connectivity index is 1.81. The van der Waals surface area contributed by atoms with Crippen LogP contribution in [-0.4, -0.2) is 19.5 Å². The van der Waals surface area contributed by atoms with E-state index in [1.165, 1.54) is 49.6 Å². The first-order valence-corrected chi connectivity index (χ1v) is 10.4. The molecular weight excluding hydrogens is 455 g/mol. The van der Waals surface area contributed by atoms with Crippen molar-refractivity contribution in [1.82, 2.24) is 0 Å². The van der Waals surface area contributed by atoms with Crippen LogP contribution in [-0.2, 0) is 0 Å². The predicted molar refractivity (Wildman–Crippen MR) is 116 cm³/mol. The topological polar surface area (TPSA) is 35.5 Å². The Kier molecular flexibility index (Phi) is 6.68. The molecule has 1 aliphatic rings. The molecule has 176 valence electrons. The van der Waals surface area contributed by atoms with Crippen molar-refractivity contribution in [2.24, 2.45) is 5.92 Å². The van der Waals surface area contributed by atoms with Crippen LogP contribution in [0.1, 0.15) is 33.8 Å². The van der Waals surface area contributed by atoms with Gasteiger partial charge in [0.05, 0.1) is 12.7 Å². The minimum Gasteiger partial charge on any atom is -0.497 e. The van der Waals surface area contributed by atoms with Crippen LogP contribution in [0.4, 0.5) is 22.0 Å². The molecule has 0 fully saturated rings. The number of ketones is 1. The van der Waals surface area contributed by atoms with Crippen LogP contribution in [0.5, 0.6) is 11.5 Å². The third kappa shape index (κ3) is 4.66. The number of alkyl halides is 2. The van der Waals surface area contributed by atoms with Crippen LogP contribution in [0.3, 0.4) is 0 Å². The molecule has 8 heteroatoms. The molecule has 34 heavy (non-hydrogen) atoms. The van der Waals surface area contributed by atoms with Crippen LogP contribution in [0.25, 0.3) is 5.57 Å². The van der Waals surface area contributed by atoms with Crippen molar-refractivity contribution in [1.29, 1.82) is 0 Å². The summed E-state index contributed by atoms with van der Waals surface area (Å²) in [6, 6.07) is 13.3. The summed E-state index contributed by atoms with van der Waals surface area (Å²) in [5.74, 6) is -5.56. The highest BCUT2D eigenvalue weighted by Crippen LogP contribution is 2.47. The Hall–Kier alpha value is -3.68. The van der Waals surface area contributed by atoms with Gasteiger partial charge < -0.3 is 9.47 Å². The zero-order valence-electron chi connectivity index (χ0n) is 17.9. The van der Waals surface area contributed by atoms with Crippen molar-refractivity contribution in [3.63, 3.8) is 0 Å². The Morgan fingerprint density at radius 2 is 1.62 bits per heavy atom. The lowest BCUT2D eigenvalue weighted by Gasteiger charge is -2.22. The molecule has 0 aliphatic heterocycles. The highest BCUT2D eigenvalue weighted by molar-refractivity contribution is 6.02. The summed E-state index contributed by atoms with van der Waals surface area (Å²) in [6.07, 6.45) is 1.73. The number of para-hydroxylation sites is 1. The van der Waals surface area contributed by atoms with E-state index in [4.69, 9.17) is 4.74 Å². The molecular formula is C26H19F5O3. The molecule has 0 saturated carbocycles. The summed E-state index contributed by atoms with van der Waals surface area (Å²) in [4.78, 5) is 13.4. The maximum atomic E-state index is 14.7. The zero-order valence-corrected chi connectivity index (χ0v) is 17.9. The SMILES string of the molecule is COc1cc(F)c(C(=O)C2C=C(c3ccc(F)cc3)CC2c2ccccc2OC(F)F)c(F)c1. The molecule has 0 N–H and O–H groups in total. The fraction of sp³-hybridized carbons (Fsp3) is 0.192. The normalized spacial score (nSPS) is 17.6. The second kappa shape index (κ2) is 9.67. The third-order valence-electron chi connectivity index (χ3n) is 5.80. The molecule has 0 spiro atoms. The van der Waals surface area contributed by atoms with Gasteiger partial charge in [-0.05, 0) is 41.3 Å². The molecule has 1 aliphatic carbocycles. The molecule has 2 unspecified atom stereocenters. The fourth-order valence-corrected chi connectivity index (χ4v) is 4.26. The van der Waals surface area contributed by atoms with E-state index >= 15 is 0 Å². The summed E-state index contributed by atoms with van der Waals surface area (Å²) in [5, 5.41) is 0. The lowest BCUT2D eigenvalue weighted by Crippen LogP contribution is -2.21. The smallest absolute Gasteiger partial charge is 0.387 e. The number of ether oxygens (including phenoxy) is 2. The number of carbonyl (C=O) groups is 1. The lowest BCUT2D eigenvalue weighted by atomic mass is 9.82. The van der Waals surface area contributed by atoms with Crippen molar-refractivity contribution in [3.8, 4) is 11.5 Å². The Labute approximate surface area is 192 Å². The van der Waals surface area contributed by atoms with E-state index in [9.17, 15) is 26.7 Å². The third-order valence-corrected chi connectivity index (χ3v) is 5.80. The quantitative estimate of drug-likeness (QED) is 0.280. The highest BCUT2D eigenvalue weighted by Gasteiger charge is 2.38. The fourth-order valence-electron chi connectivity index (χ4n) is 4.26. The van der Waals surface area contributed by atoms with E-state index in [-0.39, 0.29) is 17.9 Å². The van der Waals surface area contributed by atoms with Gasteiger partial charge in [0, 0.05) is 24.0 Å². The van der Waals surface area contributed by atoms with Crippen LogP contribution >= 0.6 is 0 Å². The average molecular weight is 474 g/mol. The zero-order chi connectivity index (χ0) is 24.4. The van der Waals surface area contributed by atoms with Crippen molar-refractivity contribution >= 4 is 11.4 Å². The van der Waals surface area contributed by atoms with Gasteiger partial charge in [0.2, 0.25) is 0 Å². The molecule has 2 atom stereocenters. The number of halogens is 5. The van der Waals surface area contributed by atoms with Crippen molar-refractivity contribution in [2.75, 3.05) is 7.11 Å². The summed E-state index contributed by atoms with van der Waals surface area (Å²) in [7, 11) is 1.24. The van der Waals surface area contributed by atoms with Crippen molar-refractivity contribution in [2.45, 2.75) is 19.0 Å². The number of benzene rings is 3. The van der Waals surface area contributed by atoms with Gasteiger partial charge >= 0.3 is 6.61 Å². The van der Waals surface area contributed by atoms with Crippen LogP contribution in [0.2, 0.25) is 0 Å². The largest absolute Gasteiger partial charge is 0.497 e. The number of rotatable bonds is 7. The molecule has 0 saturated heterocycles. The molecule has 0 amide bonds. The van der Waals surface area contributed by atoms with Gasteiger partial charge in [-0.2, -0.15) is 8.78 Å². The van der Waals surface area contributed by atoms with Gasteiger partial charge in [-0.25, -0.2) is 13.2 Å². The van der Waals surface area contributed by atoms with Gasteiger partial charge in [-0.3, -0.25) is 4.79 Å². The first kappa shape index (κ1) is 23.5.